The molecule has 0 fully saturated rings. The van der Waals surface area contributed by atoms with Crippen molar-refractivity contribution in [2.45, 2.75) is 0 Å². The highest BCUT2D eigenvalue weighted by Gasteiger charge is 1.68. The highest BCUT2D eigenvalue weighted by molar-refractivity contribution is 4.89. The first kappa shape index (κ1) is 4.47. The summed E-state index contributed by atoms with van der Waals surface area (Å²) in [4.78, 5) is 0. The number of halogens is 1. The van der Waals surface area contributed by atoms with Crippen LogP contribution in [0.15, 0.2) is 12.0 Å². The number of hydrogen-bond acceptors (Lipinski definition) is 1. The lowest BCUT2D eigenvalue weighted by molar-refractivity contribution is 0.662. The van der Waals surface area contributed by atoms with Gasteiger partial charge in [-0.25, -0.2) is 4.39 Å². The summed E-state index contributed by atoms with van der Waals surface area (Å²) in [5, 5.41) is 0. The third-order valence-corrected chi connectivity index (χ3v) is 0.181. The largest absolute Gasteiger partial charge is 0.403 e. The zero-order chi connectivity index (χ0) is 4.28. The van der Waals surface area contributed by atoms with Crippen molar-refractivity contribution in [2.75, 3.05) is 0 Å². The fourth-order valence-corrected chi connectivity index (χ4v) is 0. The van der Waals surface area contributed by atoms with Crippen molar-refractivity contribution < 1.29 is 4.39 Å². The molecule has 0 saturated carbocycles. The molecule has 0 unspecified atom stereocenters. The van der Waals surface area contributed by atoms with Gasteiger partial charge in [-0.1, -0.05) is 0 Å². The summed E-state index contributed by atoms with van der Waals surface area (Å²) in [5.74, 6) is -0.593. The van der Waals surface area contributed by atoms with Gasteiger partial charge in [-0.3, -0.25) is 0 Å². The molecule has 0 bridgehead atoms. The molecule has 0 rings (SSSR count). The van der Waals surface area contributed by atoms with Gasteiger partial charge in [0.15, 0.2) is 0 Å². The van der Waals surface area contributed by atoms with Gasteiger partial charge in [-0.2, -0.15) is 0 Å². The van der Waals surface area contributed by atoms with Crippen molar-refractivity contribution in [3.63, 3.8) is 0 Å². The van der Waals surface area contributed by atoms with E-state index in [1.807, 2.05) is 0 Å². The third kappa shape index (κ3) is 3.47. The number of hydrogen-bond donors (Lipinski definition) is 1. The van der Waals surface area contributed by atoms with Crippen molar-refractivity contribution in [3.8, 4) is 0 Å². The van der Waals surface area contributed by atoms with E-state index in [0.717, 1.165) is 6.20 Å². The van der Waals surface area contributed by atoms with E-state index in [1.54, 1.807) is 0 Å². The van der Waals surface area contributed by atoms with Crippen molar-refractivity contribution in [1.82, 2.24) is 0 Å². The maximum Gasteiger partial charge on any atom is 0.116 e. The predicted molar refractivity (Wildman–Crippen MR) is 18.7 cm³/mol. The molecule has 0 aromatic carbocycles. The van der Waals surface area contributed by atoms with Crippen LogP contribution in [0, 0.1) is 6.92 Å². The average Bonchev–Trinajstić information content (AvgIpc) is 1.38. The van der Waals surface area contributed by atoms with Gasteiger partial charge in [-0.15, -0.1) is 0 Å². The molecule has 0 saturated heterocycles. The summed E-state index contributed by atoms with van der Waals surface area (Å²) >= 11 is 0. The Morgan fingerprint density at radius 1 is 2.00 bits per heavy atom. The molecule has 1 radical (unpaired) electrons. The van der Waals surface area contributed by atoms with Gasteiger partial charge in [0.05, 0.1) is 0 Å². The average molecular weight is 74.1 g/mol. The number of rotatable bonds is 0. The van der Waals surface area contributed by atoms with E-state index in [1.165, 1.54) is 0 Å². The van der Waals surface area contributed by atoms with Gasteiger partial charge >= 0.3 is 0 Å². The first-order chi connectivity index (χ1) is 2.27. The van der Waals surface area contributed by atoms with E-state index < -0.39 is 5.83 Å². The van der Waals surface area contributed by atoms with Crippen molar-refractivity contribution in [2.24, 2.45) is 5.73 Å². The minimum Gasteiger partial charge on any atom is -0.403 e. The SMILES string of the molecule is [CH2]/C(F)=C/N. The lowest BCUT2D eigenvalue weighted by atomic mass is 10.7. The van der Waals surface area contributed by atoms with Crippen LogP contribution in [0.3, 0.4) is 0 Å². The summed E-state index contributed by atoms with van der Waals surface area (Å²) in [6.45, 7) is 2.83. The van der Waals surface area contributed by atoms with E-state index in [9.17, 15) is 4.39 Å². The van der Waals surface area contributed by atoms with Gasteiger partial charge in [0.1, 0.15) is 5.83 Å². The maximum absolute atomic E-state index is 11.1. The molecule has 2 N–H and O–H groups in total. The minimum atomic E-state index is -0.593. The third-order valence-electron chi connectivity index (χ3n) is 0.181. The summed E-state index contributed by atoms with van der Waals surface area (Å²) in [7, 11) is 0. The maximum atomic E-state index is 11.1. The Labute approximate surface area is 30.3 Å². The van der Waals surface area contributed by atoms with Crippen LogP contribution in [0.2, 0.25) is 0 Å². The summed E-state index contributed by atoms with van der Waals surface area (Å²) < 4.78 is 11.1. The second-order valence-electron chi connectivity index (χ2n) is 0.614. The summed E-state index contributed by atoms with van der Waals surface area (Å²) in [5.41, 5.74) is 4.57. The molecular formula is C3H5FN. The molecule has 0 aromatic heterocycles. The Morgan fingerprint density at radius 3 is 2.20 bits per heavy atom. The van der Waals surface area contributed by atoms with Gasteiger partial charge in [-0.05, 0) is 0 Å². The summed E-state index contributed by atoms with van der Waals surface area (Å²) in [6, 6.07) is 0. The van der Waals surface area contributed by atoms with Crippen molar-refractivity contribution in [3.05, 3.63) is 19.0 Å². The van der Waals surface area contributed by atoms with Crippen molar-refractivity contribution in [1.29, 1.82) is 0 Å². The molecule has 0 spiro atoms. The van der Waals surface area contributed by atoms with Crippen LogP contribution in [0.25, 0.3) is 0 Å². The van der Waals surface area contributed by atoms with Crippen LogP contribution in [-0.4, -0.2) is 0 Å². The minimum absolute atomic E-state index is 0.593. The Morgan fingerprint density at radius 2 is 2.20 bits per heavy atom. The second-order valence-corrected chi connectivity index (χ2v) is 0.614. The van der Waals surface area contributed by atoms with E-state index in [0.29, 0.717) is 0 Å². The molecule has 5 heavy (non-hydrogen) atoms. The Balaban J connectivity index is 3.14. The highest BCUT2D eigenvalue weighted by Crippen LogP contribution is 1.82. The number of nitrogens with two attached hydrogens (primary N) is 1. The first-order valence-corrected chi connectivity index (χ1v) is 1.16. The monoisotopic (exact) mass is 74.0 g/mol. The van der Waals surface area contributed by atoms with Gasteiger partial charge in [0.25, 0.3) is 0 Å². The van der Waals surface area contributed by atoms with Crippen LogP contribution in [0.5, 0.6) is 0 Å². The topological polar surface area (TPSA) is 26.0 Å². The zero-order valence-electron chi connectivity index (χ0n) is 2.74. The smallest absolute Gasteiger partial charge is 0.116 e. The Bertz CT molecular complexity index is 44.9. The van der Waals surface area contributed by atoms with E-state index >= 15 is 0 Å². The second kappa shape index (κ2) is 1.76. The zero-order valence-corrected chi connectivity index (χ0v) is 2.74. The molecule has 29 valence electrons. The molecule has 2 heteroatoms. The standard InChI is InChI=1S/C3H5FN/c1-3(4)2-5/h2H,1,5H2/b3-2-. The molecular weight excluding hydrogens is 69.0 g/mol. The van der Waals surface area contributed by atoms with Crippen LogP contribution in [0.4, 0.5) is 4.39 Å². The van der Waals surface area contributed by atoms with Gasteiger partial charge in [0, 0.05) is 13.1 Å². The molecule has 0 aliphatic heterocycles. The highest BCUT2D eigenvalue weighted by atomic mass is 19.1. The normalized spacial score (nSPS) is 12.0. The predicted octanol–water partition coefficient (Wildman–Crippen LogP) is 0.590. The first-order valence-electron chi connectivity index (χ1n) is 1.16. The lowest BCUT2D eigenvalue weighted by Crippen LogP contribution is -1.75. The lowest BCUT2D eigenvalue weighted by Gasteiger charge is -1.69. The fourth-order valence-electron chi connectivity index (χ4n) is 0. The Hall–Kier alpha value is -0.530. The molecule has 0 heterocycles. The van der Waals surface area contributed by atoms with Crippen molar-refractivity contribution >= 4 is 0 Å². The van der Waals surface area contributed by atoms with E-state index in [2.05, 4.69) is 12.7 Å². The fraction of sp³-hybridized carbons (Fsp3) is 0. The van der Waals surface area contributed by atoms with Crippen LogP contribution in [-0.2, 0) is 0 Å². The molecule has 0 amide bonds. The van der Waals surface area contributed by atoms with Crippen LogP contribution >= 0.6 is 0 Å². The van der Waals surface area contributed by atoms with Gasteiger partial charge < -0.3 is 5.73 Å². The molecule has 0 aliphatic carbocycles. The Kier molecular flexibility index (Phi) is 1.57. The van der Waals surface area contributed by atoms with E-state index in [4.69, 9.17) is 0 Å². The number of allylic oxidation sites excluding steroid dienone is 1. The van der Waals surface area contributed by atoms with Gasteiger partial charge in [0.2, 0.25) is 0 Å². The molecule has 0 aliphatic rings. The molecule has 1 nitrogen and oxygen atoms in total. The quantitative estimate of drug-likeness (QED) is 0.447. The van der Waals surface area contributed by atoms with Crippen LogP contribution in [0.1, 0.15) is 0 Å². The summed E-state index contributed by atoms with van der Waals surface area (Å²) in [6.07, 6.45) is 0.806. The molecule has 0 aromatic rings. The van der Waals surface area contributed by atoms with Crippen LogP contribution < -0.4 is 5.73 Å². The van der Waals surface area contributed by atoms with E-state index in [-0.39, 0.29) is 0 Å². The molecule has 0 atom stereocenters.